The van der Waals surface area contributed by atoms with Crippen LogP contribution >= 0.6 is 15.9 Å². The van der Waals surface area contributed by atoms with E-state index in [-0.39, 0.29) is 6.61 Å². The molecule has 0 bridgehead atoms. The van der Waals surface area contributed by atoms with Crippen molar-refractivity contribution in [3.05, 3.63) is 58.6 Å². The molecule has 0 aliphatic carbocycles. The molecule has 0 heterocycles. The van der Waals surface area contributed by atoms with Crippen molar-refractivity contribution in [3.63, 3.8) is 0 Å². The van der Waals surface area contributed by atoms with Gasteiger partial charge in [0.1, 0.15) is 0 Å². The molecule has 19 heavy (non-hydrogen) atoms. The van der Waals surface area contributed by atoms with E-state index < -0.39 is 0 Å². The van der Waals surface area contributed by atoms with E-state index in [1.807, 2.05) is 36.4 Å². The van der Waals surface area contributed by atoms with Crippen LogP contribution in [0.25, 0.3) is 0 Å². The zero-order valence-corrected chi connectivity index (χ0v) is 12.2. The van der Waals surface area contributed by atoms with Gasteiger partial charge in [-0.15, -0.1) is 0 Å². The molecule has 0 aromatic heterocycles. The maximum absolute atomic E-state index is 9.24. The highest BCUT2D eigenvalue weighted by atomic mass is 79.9. The van der Waals surface area contributed by atoms with Gasteiger partial charge in [-0.2, -0.15) is 0 Å². The number of hydrogen-bond acceptors (Lipinski definition) is 3. The molecule has 2 aromatic carbocycles. The zero-order valence-electron chi connectivity index (χ0n) is 10.6. The summed E-state index contributed by atoms with van der Waals surface area (Å²) < 4.78 is 0.979. The third-order valence-corrected chi connectivity index (χ3v) is 3.41. The van der Waals surface area contributed by atoms with Crippen molar-refractivity contribution in [2.45, 2.75) is 6.54 Å². The standard InChI is InChI=1S/C15H17BrN2O/c16-13-6-7-14(17)15(10-13)18(8-9-19)11-12-4-2-1-3-5-12/h1-7,10,19H,8-9,11,17H2. The molecule has 3 nitrogen and oxygen atoms in total. The molecule has 0 fully saturated rings. The maximum atomic E-state index is 9.24. The lowest BCUT2D eigenvalue weighted by atomic mass is 10.2. The number of nitrogen functional groups attached to an aromatic ring is 1. The van der Waals surface area contributed by atoms with Gasteiger partial charge in [0, 0.05) is 17.6 Å². The Balaban J connectivity index is 2.27. The Bertz CT molecular complexity index is 531. The lowest BCUT2D eigenvalue weighted by Crippen LogP contribution is -2.26. The summed E-state index contributed by atoms with van der Waals surface area (Å²) in [6.45, 7) is 1.37. The van der Waals surface area contributed by atoms with E-state index in [1.165, 1.54) is 5.56 Å². The summed E-state index contributed by atoms with van der Waals surface area (Å²) >= 11 is 3.46. The van der Waals surface area contributed by atoms with Crippen LogP contribution in [0.15, 0.2) is 53.0 Å². The van der Waals surface area contributed by atoms with E-state index in [9.17, 15) is 5.11 Å². The summed E-state index contributed by atoms with van der Waals surface area (Å²) in [5.41, 5.74) is 8.87. The monoisotopic (exact) mass is 320 g/mol. The Kier molecular flexibility index (Phi) is 4.82. The third-order valence-electron chi connectivity index (χ3n) is 2.92. The minimum Gasteiger partial charge on any atom is -0.397 e. The third kappa shape index (κ3) is 3.72. The Morgan fingerprint density at radius 2 is 1.84 bits per heavy atom. The first-order chi connectivity index (χ1) is 9.20. The second-order valence-corrected chi connectivity index (χ2v) is 5.25. The SMILES string of the molecule is Nc1ccc(Br)cc1N(CCO)Cc1ccccc1. The average molecular weight is 321 g/mol. The molecule has 100 valence electrons. The second-order valence-electron chi connectivity index (χ2n) is 4.33. The number of hydrogen-bond donors (Lipinski definition) is 2. The van der Waals surface area contributed by atoms with E-state index in [2.05, 4.69) is 33.0 Å². The minimum atomic E-state index is 0.0960. The van der Waals surface area contributed by atoms with E-state index in [0.717, 1.165) is 16.7 Å². The summed E-state index contributed by atoms with van der Waals surface area (Å²) in [7, 11) is 0. The predicted molar refractivity (Wildman–Crippen MR) is 83.1 cm³/mol. The lowest BCUT2D eigenvalue weighted by molar-refractivity contribution is 0.301. The fourth-order valence-corrected chi connectivity index (χ4v) is 2.35. The van der Waals surface area contributed by atoms with Crippen LogP contribution in [0, 0.1) is 0 Å². The van der Waals surface area contributed by atoms with Crippen molar-refractivity contribution in [2.24, 2.45) is 0 Å². The van der Waals surface area contributed by atoms with Gasteiger partial charge >= 0.3 is 0 Å². The topological polar surface area (TPSA) is 49.5 Å². The van der Waals surface area contributed by atoms with Crippen LogP contribution in [0.4, 0.5) is 11.4 Å². The Morgan fingerprint density at radius 1 is 1.11 bits per heavy atom. The molecule has 2 aromatic rings. The van der Waals surface area contributed by atoms with Crippen molar-refractivity contribution in [3.8, 4) is 0 Å². The van der Waals surface area contributed by atoms with Crippen LogP contribution in [-0.4, -0.2) is 18.3 Å². The molecule has 0 saturated heterocycles. The van der Waals surface area contributed by atoms with E-state index in [4.69, 9.17) is 5.73 Å². The van der Waals surface area contributed by atoms with Crippen LogP contribution < -0.4 is 10.6 Å². The Morgan fingerprint density at radius 3 is 2.53 bits per heavy atom. The summed E-state index contributed by atoms with van der Waals surface area (Å²) in [6.07, 6.45) is 0. The molecule has 0 aliphatic heterocycles. The number of anilines is 2. The van der Waals surface area contributed by atoms with Crippen molar-refractivity contribution < 1.29 is 5.11 Å². The molecule has 3 N–H and O–H groups in total. The molecular formula is C15H17BrN2O. The van der Waals surface area contributed by atoms with Crippen LogP contribution in [0.5, 0.6) is 0 Å². The summed E-state index contributed by atoms with van der Waals surface area (Å²) in [5.74, 6) is 0. The number of aliphatic hydroxyl groups excluding tert-OH is 1. The first-order valence-electron chi connectivity index (χ1n) is 6.15. The van der Waals surface area contributed by atoms with Crippen molar-refractivity contribution in [1.29, 1.82) is 0 Å². The molecule has 0 aliphatic rings. The van der Waals surface area contributed by atoms with Crippen molar-refractivity contribution in [1.82, 2.24) is 0 Å². The Labute approximate surface area is 121 Å². The number of rotatable bonds is 5. The summed E-state index contributed by atoms with van der Waals surface area (Å²) in [5, 5.41) is 9.24. The van der Waals surface area contributed by atoms with Gasteiger partial charge in [-0.3, -0.25) is 0 Å². The van der Waals surface area contributed by atoms with Crippen LogP contribution in [-0.2, 0) is 6.54 Å². The minimum absolute atomic E-state index is 0.0960. The van der Waals surface area contributed by atoms with Gasteiger partial charge in [-0.1, -0.05) is 46.3 Å². The molecular weight excluding hydrogens is 304 g/mol. The zero-order chi connectivity index (χ0) is 13.7. The van der Waals surface area contributed by atoms with Crippen LogP contribution in [0.2, 0.25) is 0 Å². The number of benzene rings is 2. The highest BCUT2D eigenvalue weighted by Crippen LogP contribution is 2.28. The molecule has 0 radical (unpaired) electrons. The molecule has 0 saturated carbocycles. The largest absolute Gasteiger partial charge is 0.397 e. The quantitative estimate of drug-likeness (QED) is 0.832. The Hall–Kier alpha value is -1.52. The van der Waals surface area contributed by atoms with Gasteiger partial charge in [0.15, 0.2) is 0 Å². The molecule has 0 amide bonds. The predicted octanol–water partition coefficient (Wildman–Crippen LogP) is 3.03. The smallest absolute Gasteiger partial charge is 0.0615 e. The van der Waals surface area contributed by atoms with Crippen LogP contribution in [0.3, 0.4) is 0 Å². The molecule has 2 rings (SSSR count). The summed E-state index contributed by atoms with van der Waals surface area (Å²) in [4.78, 5) is 2.08. The van der Waals surface area contributed by atoms with Gasteiger partial charge in [0.05, 0.1) is 18.0 Å². The van der Waals surface area contributed by atoms with Gasteiger partial charge in [0.25, 0.3) is 0 Å². The fraction of sp³-hybridized carbons (Fsp3) is 0.200. The van der Waals surface area contributed by atoms with Gasteiger partial charge in [-0.05, 0) is 23.8 Å². The van der Waals surface area contributed by atoms with Gasteiger partial charge in [0.2, 0.25) is 0 Å². The number of nitrogens with zero attached hydrogens (tertiary/aromatic N) is 1. The maximum Gasteiger partial charge on any atom is 0.0615 e. The normalized spacial score (nSPS) is 10.4. The number of nitrogens with two attached hydrogens (primary N) is 1. The van der Waals surface area contributed by atoms with E-state index in [1.54, 1.807) is 0 Å². The van der Waals surface area contributed by atoms with E-state index in [0.29, 0.717) is 12.2 Å². The lowest BCUT2D eigenvalue weighted by Gasteiger charge is -2.25. The highest BCUT2D eigenvalue weighted by molar-refractivity contribution is 9.10. The molecule has 0 unspecified atom stereocenters. The fourth-order valence-electron chi connectivity index (χ4n) is 2.00. The number of aliphatic hydroxyl groups is 1. The van der Waals surface area contributed by atoms with E-state index >= 15 is 0 Å². The summed E-state index contributed by atoms with van der Waals surface area (Å²) in [6, 6.07) is 15.9. The van der Waals surface area contributed by atoms with Gasteiger partial charge in [-0.25, -0.2) is 0 Å². The highest BCUT2D eigenvalue weighted by Gasteiger charge is 2.10. The molecule has 0 atom stereocenters. The second kappa shape index (κ2) is 6.59. The number of halogens is 1. The van der Waals surface area contributed by atoms with Crippen molar-refractivity contribution in [2.75, 3.05) is 23.8 Å². The molecule has 4 heteroatoms. The average Bonchev–Trinajstić information content (AvgIpc) is 2.42. The van der Waals surface area contributed by atoms with Gasteiger partial charge < -0.3 is 15.7 Å². The van der Waals surface area contributed by atoms with Crippen LogP contribution in [0.1, 0.15) is 5.56 Å². The van der Waals surface area contributed by atoms with Crippen molar-refractivity contribution >= 4 is 27.3 Å². The first kappa shape index (κ1) is 13.9. The molecule has 0 spiro atoms. The first-order valence-corrected chi connectivity index (χ1v) is 6.95.